The smallest absolute Gasteiger partial charge is 0.410 e. The van der Waals surface area contributed by atoms with Gasteiger partial charge < -0.3 is 44.7 Å². The van der Waals surface area contributed by atoms with Crippen molar-refractivity contribution in [3.63, 3.8) is 0 Å². The van der Waals surface area contributed by atoms with E-state index in [1.54, 1.807) is 91.1 Å². The van der Waals surface area contributed by atoms with Gasteiger partial charge in [0.25, 0.3) is 5.91 Å². The second kappa shape index (κ2) is 20.0. The van der Waals surface area contributed by atoms with Gasteiger partial charge in [-0.05, 0) is 59.7 Å². The molecule has 3 rings (SSSR count). The molecule has 0 saturated heterocycles. The summed E-state index contributed by atoms with van der Waals surface area (Å²) in [4.78, 5) is 48.8. The molecule has 290 valence electrons. The minimum Gasteiger partial charge on any atom is -0.489 e. The first kappa shape index (κ1) is 42.7. The number of para-hydroxylation sites is 1. The lowest BCUT2D eigenvalue weighted by molar-refractivity contribution is -0.153. The second-order valence-corrected chi connectivity index (χ2v) is 14.9. The van der Waals surface area contributed by atoms with Gasteiger partial charge in [0.05, 0.1) is 62.1 Å². The maximum Gasteiger partial charge on any atom is 0.410 e. The summed E-state index contributed by atoms with van der Waals surface area (Å²) in [5, 5.41) is 11.7. The van der Waals surface area contributed by atoms with Crippen molar-refractivity contribution in [1.29, 1.82) is 0 Å². The van der Waals surface area contributed by atoms with Crippen LogP contribution in [0.4, 0.5) is 16.3 Å². The number of nitrogens with zero attached hydrogens (tertiary/aromatic N) is 3. The molecule has 0 aliphatic heterocycles. The average molecular weight is 759 g/mol. The monoisotopic (exact) mass is 758 g/mol. The number of aliphatic hydroxyl groups excluding tert-OH is 1. The van der Waals surface area contributed by atoms with Crippen LogP contribution in [0.3, 0.4) is 0 Å². The lowest BCUT2D eigenvalue weighted by atomic mass is 10.1. The number of nitrogens with one attached hydrogen (secondary N) is 2. The number of amides is 2. The maximum atomic E-state index is 13.7. The van der Waals surface area contributed by atoms with Crippen LogP contribution in [0.5, 0.6) is 5.75 Å². The first-order valence-electron chi connectivity index (χ1n) is 16.8. The third-order valence-corrected chi connectivity index (χ3v) is 7.79. The highest BCUT2D eigenvalue weighted by Crippen LogP contribution is 2.31. The number of esters is 1. The average Bonchev–Trinajstić information content (AvgIpc) is 3.08. The highest BCUT2D eigenvalue weighted by molar-refractivity contribution is 7.83. The van der Waals surface area contributed by atoms with Crippen molar-refractivity contribution in [2.75, 3.05) is 64.3 Å². The van der Waals surface area contributed by atoms with E-state index in [4.69, 9.17) is 34.5 Å². The van der Waals surface area contributed by atoms with E-state index in [0.717, 1.165) is 0 Å². The standard InChI is InChI=1S/C36H50N6O10S/c1-35(2,3)51-29(44)22-39-53(47)26-13-11-24(12-14-26)28-21-38-32(37)30(40-28)33(45)41-27-10-8-9-25(23-42(7)34(46)52-36(4,5)6)31(27)50-20-19-49-18-17-48-16-15-43/h8-14,21,39,43H,15-20,22-23H2,1-7H3,(H2,37,38)(H,41,45). The summed E-state index contributed by atoms with van der Waals surface area (Å²) >= 11 is 0. The zero-order valence-electron chi connectivity index (χ0n) is 31.2. The molecule has 1 atom stereocenters. The number of carbonyl (C=O) groups excluding carboxylic acids is 3. The number of benzene rings is 2. The fraction of sp³-hybridized carbons (Fsp3) is 0.472. The highest BCUT2D eigenvalue weighted by atomic mass is 32.2. The molecule has 0 aliphatic rings. The molecule has 0 bridgehead atoms. The Labute approximate surface area is 312 Å². The van der Waals surface area contributed by atoms with Crippen LogP contribution in [-0.2, 0) is 41.3 Å². The molecular weight excluding hydrogens is 708 g/mol. The van der Waals surface area contributed by atoms with E-state index in [-0.39, 0.29) is 63.3 Å². The molecule has 2 aromatic carbocycles. The van der Waals surface area contributed by atoms with Crippen molar-refractivity contribution in [2.24, 2.45) is 0 Å². The zero-order valence-corrected chi connectivity index (χ0v) is 32.0. The van der Waals surface area contributed by atoms with Gasteiger partial charge in [-0.25, -0.2) is 23.7 Å². The third kappa shape index (κ3) is 14.7. The van der Waals surface area contributed by atoms with Crippen molar-refractivity contribution < 1.29 is 47.4 Å². The van der Waals surface area contributed by atoms with Gasteiger partial charge in [-0.15, -0.1) is 0 Å². The molecule has 16 nitrogen and oxygen atoms in total. The van der Waals surface area contributed by atoms with Gasteiger partial charge in [-0.3, -0.25) is 9.59 Å². The van der Waals surface area contributed by atoms with Gasteiger partial charge in [0, 0.05) is 18.2 Å². The molecule has 5 N–H and O–H groups in total. The number of nitrogens with two attached hydrogens (primary N) is 1. The first-order valence-corrected chi connectivity index (χ1v) is 18.0. The quantitative estimate of drug-likeness (QED) is 0.108. The molecule has 2 amide bonds. The summed E-state index contributed by atoms with van der Waals surface area (Å²) in [5.74, 6) is -1.02. The third-order valence-electron chi connectivity index (χ3n) is 6.69. The Morgan fingerprint density at radius 2 is 1.55 bits per heavy atom. The van der Waals surface area contributed by atoms with E-state index < -0.39 is 40.2 Å². The molecule has 53 heavy (non-hydrogen) atoms. The number of nitrogen functional groups attached to an aromatic ring is 1. The van der Waals surface area contributed by atoms with E-state index in [1.807, 2.05) is 0 Å². The number of ether oxygens (including phenoxy) is 5. The van der Waals surface area contributed by atoms with Gasteiger partial charge in [0.2, 0.25) is 0 Å². The van der Waals surface area contributed by atoms with Crippen molar-refractivity contribution in [3.05, 3.63) is 59.9 Å². The molecule has 1 aromatic heterocycles. The Balaban J connectivity index is 1.78. The van der Waals surface area contributed by atoms with Crippen molar-refractivity contribution in [1.82, 2.24) is 19.6 Å². The van der Waals surface area contributed by atoms with Crippen LogP contribution in [0.1, 0.15) is 57.6 Å². The molecule has 3 aromatic rings. The van der Waals surface area contributed by atoms with Crippen LogP contribution >= 0.6 is 0 Å². The molecule has 0 saturated carbocycles. The molecule has 0 spiro atoms. The van der Waals surface area contributed by atoms with E-state index in [9.17, 15) is 18.6 Å². The molecular formula is C36H50N6O10S. The number of aliphatic hydroxyl groups is 1. The Hall–Kier alpha value is -4.68. The number of carbonyl (C=O) groups is 3. The van der Waals surface area contributed by atoms with Crippen LogP contribution in [-0.4, -0.2) is 107 Å². The summed E-state index contributed by atoms with van der Waals surface area (Å²) < 4.78 is 42.9. The number of hydrogen-bond acceptors (Lipinski definition) is 13. The summed E-state index contributed by atoms with van der Waals surface area (Å²) in [5.41, 5.74) is 6.35. The Kier molecular flexibility index (Phi) is 16.1. The lowest BCUT2D eigenvalue weighted by Crippen LogP contribution is -2.34. The van der Waals surface area contributed by atoms with Crippen LogP contribution in [0.2, 0.25) is 0 Å². The lowest BCUT2D eigenvalue weighted by Gasteiger charge is -2.25. The molecule has 0 aliphatic carbocycles. The topological polar surface area (TPSA) is 214 Å². The highest BCUT2D eigenvalue weighted by Gasteiger charge is 2.23. The van der Waals surface area contributed by atoms with E-state index in [2.05, 4.69) is 20.0 Å². The Bertz CT molecular complexity index is 1710. The molecule has 1 heterocycles. The predicted molar refractivity (Wildman–Crippen MR) is 198 cm³/mol. The predicted octanol–water partition coefficient (Wildman–Crippen LogP) is 3.70. The van der Waals surface area contributed by atoms with E-state index >= 15 is 0 Å². The largest absolute Gasteiger partial charge is 0.489 e. The Morgan fingerprint density at radius 1 is 0.906 bits per heavy atom. The summed E-state index contributed by atoms with van der Waals surface area (Å²) in [6.45, 7) is 11.4. The van der Waals surface area contributed by atoms with Crippen molar-refractivity contribution >= 4 is 40.5 Å². The van der Waals surface area contributed by atoms with Gasteiger partial charge in [-0.1, -0.05) is 24.3 Å². The van der Waals surface area contributed by atoms with Gasteiger partial charge >= 0.3 is 12.1 Å². The van der Waals surface area contributed by atoms with Gasteiger partial charge in [0.15, 0.2) is 11.5 Å². The Morgan fingerprint density at radius 3 is 2.19 bits per heavy atom. The fourth-order valence-corrected chi connectivity index (χ4v) is 5.25. The van der Waals surface area contributed by atoms with Crippen LogP contribution < -0.4 is 20.5 Å². The molecule has 1 unspecified atom stereocenters. The van der Waals surface area contributed by atoms with E-state index in [1.165, 1.54) is 11.1 Å². The number of hydrogen-bond donors (Lipinski definition) is 4. The summed E-state index contributed by atoms with van der Waals surface area (Å²) in [6.07, 6.45) is 0.871. The zero-order chi connectivity index (χ0) is 39.2. The van der Waals surface area contributed by atoms with Crippen molar-refractivity contribution in [3.8, 4) is 17.0 Å². The summed E-state index contributed by atoms with van der Waals surface area (Å²) in [6, 6.07) is 11.6. The first-order chi connectivity index (χ1) is 25.0. The summed E-state index contributed by atoms with van der Waals surface area (Å²) in [7, 11) is -0.102. The maximum absolute atomic E-state index is 13.7. The van der Waals surface area contributed by atoms with E-state index in [0.29, 0.717) is 34.1 Å². The number of anilines is 2. The number of aromatic nitrogens is 2. The van der Waals surface area contributed by atoms with Crippen LogP contribution in [0.25, 0.3) is 11.3 Å². The molecule has 0 fully saturated rings. The van der Waals surface area contributed by atoms with Gasteiger partial charge in [-0.2, -0.15) is 0 Å². The minimum absolute atomic E-state index is 0.0816. The fourth-order valence-electron chi connectivity index (χ4n) is 4.45. The van der Waals surface area contributed by atoms with Gasteiger partial charge in [0.1, 0.15) is 41.1 Å². The van der Waals surface area contributed by atoms with Crippen LogP contribution in [0.15, 0.2) is 53.6 Å². The molecule has 0 radical (unpaired) electrons. The number of rotatable bonds is 18. The van der Waals surface area contributed by atoms with Crippen LogP contribution in [0, 0.1) is 0 Å². The normalized spacial score (nSPS) is 12.2. The SMILES string of the molecule is CN(Cc1cccc(NC(=O)c2nc(-c3ccc(S(=O)NCC(=O)OC(C)(C)C)cc3)cnc2N)c1OCCOCCOCCO)C(=O)OC(C)(C)C. The molecule has 17 heteroatoms. The second-order valence-electron chi connectivity index (χ2n) is 13.6. The minimum atomic E-state index is -1.69. The van der Waals surface area contributed by atoms with Crippen molar-refractivity contribution in [2.45, 2.75) is 64.2 Å².